The van der Waals surface area contributed by atoms with E-state index in [0.717, 1.165) is 0 Å². The van der Waals surface area contributed by atoms with Gasteiger partial charge in [0.25, 0.3) is 5.91 Å². The smallest absolute Gasteiger partial charge is 0.263 e. The Hall–Kier alpha value is -3.03. The van der Waals surface area contributed by atoms with E-state index in [-0.39, 0.29) is 16.9 Å². The van der Waals surface area contributed by atoms with Gasteiger partial charge in [-0.2, -0.15) is 0 Å². The van der Waals surface area contributed by atoms with Gasteiger partial charge in [-0.25, -0.2) is 5.10 Å². The van der Waals surface area contributed by atoms with E-state index in [4.69, 9.17) is 0 Å². The monoisotopic (exact) mass is 256 g/mol. The van der Waals surface area contributed by atoms with E-state index < -0.39 is 5.91 Å². The summed E-state index contributed by atoms with van der Waals surface area (Å²) in [6.07, 6.45) is 1.36. The average molecular weight is 256 g/mol. The van der Waals surface area contributed by atoms with E-state index in [1.54, 1.807) is 24.3 Å². The highest BCUT2D eigenvalue weighted by Gasteiger charge is 2.14. The third-order valence-corrected chi connectivity index (χ3v) is 2.61. The molecule has 3 aromatic rings. The number of para-hydroxylation sites is 1. The first-order valence-corrected chi connectivity index (χ1v) is 5.41. The predicted molar refractivity (Wildman–Crippen MR) is 66.7 cm³/mol. The van der Waals surface area contributed by atoms with Crippen LogP contribution in [-0.2, 0) is 0 Å². The quantitative estimate of drug-likeness (QED) is 0.609. The summed E-state index contributed by atoms with van der Waals surface area (Å²) in [4.78, 5) is 27.0. The number of hydrogen-bond donors (Lipinski definition) is 3. The fraction of sp³-hybridized carbons (Fsp3) is 0. The van der Waals surface area contributed by atoms with Crippen molar-refractivity contribution in [2.75, 3.05) is 5.32 Å². The molecule has 0 aliphatic rings. The Morgan fingerprint density at radius 2 is 2.11 bits per heavy atom. The van der Waals surface area contributed by atoms with Crippen molar-refractivity contribution in [1.82, 2.24) is 25.6 Å². The Labute approximate surface area is 105 Å². The molecule has 0 aliphatic heterocycles. The van der Waals surface area contributed by atoms with Crippen LogP contribution < -0.4 is 10.7 Å². The average Bonchev–Trinajstić information content (AvgIpc) is 2.92. The van der Waals surface area contributed by atoms with Crippen LogP contribution in [0.15, 0.2) is 35.3 Å². The minimum atomic E-state index is -0.578. The fourth-order valence-electron chi connectivity index (χ4n) is 1.72. The summed E-state index contributed by atoms with van der Waals surface area (Å²) in [6.45, 7) is 0. The van der Waals surface area contributed by atoms with E-state index in [1.165, 1.54) is 6.20 Å². The molecule has 1 amide bonds. The van der Waals surface area contributed by atoms with Crippen LogP contribution in [0.4, 0.5) is 5.95 Å². The van der Waals surface area contributed by atoms with Gasteiger partial charge in [-0.15, -0.1) is 0 Å². The van der Waals surface area contributed by atoms with Crippen molar-refractivity contribution in [1.29, 1.82) is 0 Å². The molecule has 0 unspecified atom stereocenters. The predicted octanol–water partition coefficient (Wildman–Crippen LogP) is 0.293. The fourth-order valence-corrected chi connectivity index (χ4v) is 1.72. The maximum absolute atomic E-state index is 12.2. The lowest BCUT2D eigenvalue weighted by Gasteiger charge is -2.02. The molecule has 19 heavy (non-hydrogen) atoms. The summed E-state index contributed by atoms with van der Waals surface area (Å²) in [5.41, 5.74) is 0.319. The van der Waals surface area contributed by atoms with Gasteiger partial charge in [-0.05, 0) is 22.6 Å². The van der Waals surface area contributed by atoms with Gasteiger partial charge < -0.3 is 4.98 Å². The summed E-state index contributed by atoms with van der Waals surface area (Å²) in [5, 5.41) is 15.4. The van der Waals surface area contributed by atoms with E-state index in [0.29, 0.717) is 10.9 Å². The number of nitrogens with zero attached hydrogens (tertiary/aromatic N) is 3. The maximum atomic E-state index is 12.2. The van der Waals surface area contributed by atoms with Crippen molar-refractivity contribution in [2.45, 2.75) is 0 Å². The highest BCUT2D eigenvalue weighted by atomic mass is 16.2. The second-order valence-electron chi connectivity index (χ2n) is 3.78. The Morgan fingerprint density at radius 1 is 1.26 bits per heavy atom. The highest BCUT2D eigenvalue weighted by Crippen LogP contribution is 2.07. The Kier molecular flexibility index (Phi) is 2.53. The van der Waals surface area contributed by atoms with Crippen LogP contribution in [-0.4, -0.2) is 31.5 Å². The Bertz CT molecular complexity index is 792. The van der Waals surface area contributed by atoms with Gasteiger partial charge in [0.1, 0.15) is 5.56 Å². The minimum Gasteiger partial charge on any atom is -0.360 e. The molecule has 0 bridgehead atoms. The summed E-state index contributed by atoms with van der Waals surface area (Å²) >= 11 is 0. The number of rotatable bonds is 2. The van der Waals surface area contributed by atoms with Crippen LogP contribution in [0, 0.1) is 0 Å². The van der Waals surface area contributed by atoms with Crippen LogP contribution in [0.25, 0.3) is 10.9 Å². The maximum Gasteiger partial charge on any atom is 0.263 e. The molecular weight excluding hydrogens is 248 g/mol. The third kappa shape index (κ3) is 1.95. The van der Waals surface area contributed by atoms with Gasteiger partial charge in [0.05, 0.1) is 0 Å². The molecule has 3 N–H and O–H groups in total. The number of carbonyl (C=O) groups excluding carboxylic acids is 1. The van der Waals surface area contributed by atoms with Gasteiger partial charge >= 0.3 is 0 Å². The number of anilines is 1. The first-order valence-electron chi connectivity index (χ1n) is 5.41. The van der Waals surface area contributed by atoms with Crippen molar-refractivity contribution in [3.05, 3.63) is 46.2 Å². The zero-order valence-electron chi connectivity index (χ0n) is 9.54. The number of tetrazole rings is 1. The van der Waals surface area contributed by atoms with Crippen molar-refractivity contribution in [2.24, 2.45) is 0 Å². The van der Waals surface area contributed by atoms with Gasteiger partial charge in [-0.3, -0.25) is 14.9 Å². The Balaban J connectivity index is 2.03. The van der Waals surface area contributed by atoms with Crippen molar-refractivity contribution >= 4 is 22.8 Å². The number of carbonyl (C=O) groups is 1. The number of hydrogen-bond acceptors (Lipinski definition) is 5. The van der Waals surface area contributed by atoms with Gasteiger partial charge in [-0.1, -0.05) is 17.2 Å². The number of pyridine rings is 1. The van der Waals surface area contributed by atoms with Gasteiger partial charge in [0.2, 0.25) is 11.4 Å². The van der Waals surface area contributed by atoms with Crippen molar-refractivity contribution in [3.8, 4) is 0 Å². The highest BCUT2D eigenvalue weighted by molar-refractivity contribution is 6.04. The van der Waals surface area contributed by atoms with E-state index >= 15 is 0 Å². The summed E-state index contributed by atoms with van der Waals surface area (Å²) in [6, 6.07) is 6.96. The standard InChI is InChI=1S/C11H8N6O2/c18-9-6-3-1-2-4-8(6)12-5-7(9)10(19)13-11-14-16-17-15-11/h1-5H,(H,12,18)(H2,13,14,15,16,17,19). The molecule has 8 heteroatoms. The molecule has 0 spiro atoms. The molecular formula is C11H8N6O2. The molecule has 94 valence electrons. The molecule has 0 aliphatic carbocycles. The molecule has 0 fully saturated rings. The second-order valence-corrected chi connectivity index (χ2v) is 3.78. The molecule has 0 saturated carbocycles. The van der Waals surface area contributed by atoms with E-state index in [2.05, 4.69) is 30.9 Å². The van der Waals surface area contributed by atoms with E-state index in [9.17, 15) is 9.59 Å². The van der Waals surface area contributed by atoms with Gasteiger partial charge in [0, 0.05) is 17.1 Å². The molecule has 8 nitrogen and oxygen atoms in total. The van der Waals surface area contributed by atoms with Crippen LogP contribution in [0.2, 0.25) is 0 Å². The third-order valence-electron chi connectivity index (χ3n) is 2.61. The number of benzene rings is 1. The summed E-state index contributed by atoms with van der Waals surface area (Å²) < 4.78 is 0. The number of aromatic nitrogens is 5. The van der Waals surface area contributed by atoms with Gasteiger partial charge in [0.15, 0.2) is 0 Å². The number of nitrogens with one attached hydrogen (secondary N) is 3. The first kappa shape index (κ1) is 11.1. The minimum absolute atomic E-state index is 0.00454. The lowest BCUT2D eigenvalue weighted by molar-refractivity contribution is 0.102. The molecule has 2 aromatic heterocycles. The molecule has 0 saturated heterocycles. The molecule has 1 aromatic carbocycles. The Morgan fingerprint density at radius 3 is 2.89 bits per heavy atom. The molecule has 0 radical (unpaired) electrons. The SMILES string of the molecule is O=C(Nc1nnn[nH]1)c1c[nH]c2ccccc2c1=O. The number of H-pyrrole nitrogens is 2. The lowest BCUT2D eigenvalue weighted by atomic mass is 10.1. The van der Waals surface area contributed by atoms with Crippen LogP contribution in [0.1, 0.15) is 10.4 Å². The van der Waals surface area contributed by atoms with Crippen molar-refractivity contribution < 1.29 is 4.79 Å². The normalized spacial score (nSPS) is 10.5. The number of fused-ring (bicyclic) bond motifs is 1. The molecule has 0 atom stereocenters. The zero-order valence-corrected chi connectivity index (χ0v) is 9.54. The van der Waals surface area contributed by atoms with E-state index in [1.807, 2.05) is 0 Å². The molecule has 2 heterocycles. The van der Waals surface area contributed by atoms with Crippen LogP contribution in [0.3, 0.4) is 0 Å². The summed E-state index contributed by atoms with van der Waals surface area (Å²) in [5.74, 6) is -0.497. The molecule has 3 rings (SSSR count). The number of aromatic amines is 2. The topological polar surface area (TPSA) is 116 Å². The zero-order chi connectivity index (χ0) is 13.2. The van der Waals surface area contributed by atoms with Crippen molar-refractivity contribution in [3.63, 3.8) is 0 Å². The summed E-state index contributed by atoms with van der Waals surface area (Å²) in [7, 11) is 0. The lowest BCUT2D eigenvalue weighted by Crippen LogP contribution is -2.22. The second kappa shape index (κ2) is 4.33. The first-order chi connectivity index (χ1) is 9.25. The number of amides is 1. The van der Waals surface area contributed by atoms with Crippen LogP contribution in [0.5, 0.6) is 0 Å². The van der Waals surface area contributed by atoms with Crippen LogP contribution >= 0.6 is 0 Å². The largest absolute Gasteiger partial charge is 0.360 e.